The van der Waals surface area contributed by atoms with Gasteiger partial charge in [0.25, 0.3) is 0 Å². The van der Waals surface area contributed by atoms with Crippen LogP contribution >= 0.6 is 34.5 Å². The number of nitrogens with one attached hydrogen (secondary N) is 1. The quantitative estimate of drug-likeness (QED) is 0.209. The molecule has 0 aliphatic heterocycles. The van der Waals surface area contributed by atoms with Crippen LogP contribution in [0.25, 0.3) is 10.2 Å². The SMILES string of the molecule is CNC(=O)N(C)c1nc2ccccc2s1.C[C@H](OC(=O)c1cc(Oc2ccc(C(F)(F)F)cc2Cl)ccc1Cl)C(=O)O. The number of anilines is 1. The molecule has 0 spiro atoms. The van der Waals surface area contributed by atoms with E-state index in [9.17, 15) is 27.6 Å². The number of carbonyl (C=O) groups excluding carboxylic acids is 2. The normalized spacial score (nSPS) is 11.6. The average molecular weight is 644 g/mol. The van der Waals surface area contributed by atoms with Crippen molar-refractivity contribution in [2.75, 3.05) is 19.0 Å². The third-order valence-electron chi connectivity index (χ3n) is 5.36. The minimum atomic E-state index is -4.56. The minimum Gasteiger partial charge on any atom is -0.479 e. The first kappa shape index (κ1) is 32.4. The molecule has 4 aromatic rings. The number of thiazole rings is 1. The van der Waals surface area contributed by atoms with Crippen molar-refractivity contribution in [3.05, 3.63) is 81.8 Å². The topological polar surface area (TPSA) is 118 Å². The predicted octanol–water partition coefficient (Wildman–Crippen LogP) is 7.51. The van der Waals surface area contributed by atoms with Crippen LogP contribution in [0.5, 0.6) is 11.5 Å². The summed E-state index contributed by atoms with van der Waals surface area (Å²) in [5.74, 6) is -2.39. The molecule has 0 bridgehead atoms. The van der Waals surface area contributed by atoms with Crippen LogP contribution in [-0.2, 0) is 15.7 Å². The number of ether oxygens (including phenoxy) is 2. The lowest BCUT2D eigenvalue weighted by Crippen LogP contribution is -2.34. The molecule has 0 aliphatic carbocycles. The molecule has 3 aromatic carbocycles. The number of alkyl halides is 3. The molecule has 222 valence electrons. The number of fused-ring (bicyclic) bond motifs is 1. The van der Waals surface area contributed by atoms with Crippen LogP contribution in [0, 0.1) is 0 Å². The molecule has 0 radical (unpaired) electrons. The molecule has 0 saturated carbocycles. The summed E-state index contributed by atoms with van der Waals surface area (Å²) in [6.45, 7) is 1.16. The van der Waals surface area contributed by atoms with E-state index < -0.39 is 29.8 Å². The molecular formula is C27H22Cl2F3N3O6S. The number of carboxylic acids is 1. The summed E-state index contributed by atoms with van der Waals surface area (Å²) in [6, 6.07) is 14.0. The highest BCUT2D eigenvalue weighted by Gasteiger charge is 2.31. The number of carboxylic acid groups (broad SMARTS) is 1. The fraction of sp³-hybridized carbons (Fsp3) is 0.185. The lowest BCUT2D eigenvalue weighted by Gasteiger charge is -2.13. The predicted molar refractivity (Wildman–Crippen MR) is 153 cm³/mol. The molecule has 42 heavy (non-hydrogen) atoms. The highest BCUT2D eigenvalue weighted by atomic mass is 35.5. The summed E-state index contributed by atoms with van der Waals surface area (Å²) in [6.07, 6.45) is -5.96. The van der Waals surface area contributed by atoms with E-state index in [1.54, 1.807) is 14.1 Å². The minimum absolute atomic E-state index is 0.0246. The van der Waals surface area contributed by atoms with Crippen LogP contribution < -0.4 is 15.0 Å². The third-order valence-corrected chi connectivity index (χ3v) is 7.10. The van der Waals surface area contributed by atoms with Crippen LogP contribution in [0.4, 0.5) is 23.1 Å². The Labute approximate surface area is 251 Å². The molecule has 15 heteroatoms. The van der Waals surface area contributed by atoms with Crippen LogP contribution in [0.15, 0.2) is 60.7 Å². The Kier molecular flexibility index (Phi) is 10.6. The highest BCUT2D eigenvalue weighted by molar-refractivity contribution is 7.22. The van der Waals surface area contributed by atoms with Crippen molar-refractivity contribution in [2.45, 2.75) is 19.2 Å². The maximum Gasteiger partial charge on any atom is 0.416 e. The number of aliphatic carboxylic acids is 1. The molecule has 0 fully saturated rings. The van der Waals surface area contributed by atoms with Crippen LogP contribution in [0.2, 0.25) is 10.0 Å². The van der Waals surface area contributed by atoms with Crippen molar-refractivity contribution in [1.29, 1.82) is 0 Å². The number of nitrogens with zero attached hydrogens (tertiary/aromatic N) is 2. The maximum absolute atomic E-state index is 12.7. The van der Waals surface area contributed by atoms with Gasteiger partial charge in [0, 0.05) is 14.1 Å². The first-order valence-electron chi connectivity index (χ1n) is 11.8. The van der Waals surface area contributed by atoms with E-state index in [1.165, 1.54) is 28.4 Å². The van der Waals surface area contributed by atoms with Gasteiger partial charge in [-0.05, 0) is 55.5 Å². The fourth-order valence-corrected chi connectivity index (χ4v) is 4.48. The van der Waals surface area contributed by atoms with E-state index in [-0.39, 0.29) is 33.1 Å². The first-order chi connectivity index (χ1) is 19.7. The van der Waals surface area contributed by atoms with E-state index >= 15 is 0 Å². The standard InChI is InChI=1S/C17H11Cl2F3O5.C10H11N3OS/c1-8(15(23)24)26-16(25)11-7-10(3-4-12(11)18)27-14-5-2-9(6-13(14)19)17(20,21)22;1-11-9(14)13(2)10-12-7-5-3-4-6-8(7)15-10/h2-8H,1H3,(H,23,24);3-6H,1-2H3,(H,11,14)/t8-;/m0./s1. The molecule has 2 amide bonds. The van der Waals surface area contributed by atoms with Crippen LogP contribution in [0.3, 0.4) is 0 Å². The zero-order chi connectivity index (χ0) is 31.2. The van der Waals surface area contributed by atoms with E-state index in [0.29, 0.717) is 11.2 Å². The molecule has 1 atom stereocenters. The van der Waals surface area contributed by atoms with Gasteiger partial charge < -0.3 is 19.9 Å². The number of hydrogen-bond acceptors (Lipinski definition) is 7. The van der Waals surface area contributed by atoms with Crippen LogP contribution in [-0.4, -0.2) is 48.3 Å². The zero-order valence-electron chi connectivity index (χ0n) is 22.0. The maximum atomic E-state index is 12.7. The van der Waals surface area contributed by atoms with E-state index in [1.807, 2.05) is 24.3 Å². The molecule has 1 heterocycles. The number of rotatable bonds is 6. The number of hydrogen-bond donors (Lipinski definition) is 2. The second-order valence-corrected chi connectivity index (χ2v) is 10.2. The van der Waals surface area contributed by atoms with E-state index in [0.717, 1.165) is 35.3 Å². The molecule has 1 aromatic heterocycles. The Hall–Kier alpha value is -4.07. The summed E-state index contributed by atoms with van der Waals surface area (Å²) in [5, 5.41) is 11.7. The van der Waals surface area contributed by atoms with Gasteiger partial charge in [0.05, 0.1) is 31.4 Å². The Balaban J connectivity index is 0.000000271. The summed E-state index contributed by atoms with van der Waals surface area (Å²) >= 11 is 13.2. The highest BCUT2D eigenvalue weighted by Crippen LogP contribution is 2.37. The van der Waals surface area contributed by atoms with Crippen LogP contribution in [0.1, 0.15) is 22.8 Å². The smallest absolute Gasteiger partial charge is 0.416 e. The monoisotopic (exact) mass is 643 g/mol. The number of benzene rings is 3. The Bertz CT molecular complexity index is 1580. The summed E-state index contributed by atoms with van der Waals surface area (Å²) < 4.78 is 49.2. The van der Waals surface area contributed by atoms with Gasteiger partial charge in [-0.2, -0.15) is 13.2 Å². The van der Waals surface area contributed by atoms with Gasteiger partial charge in [-0.1, -0.05) is 46.7 Å². The van der Waals surface area contributed by atoms with Gasteiger partial charge in [-0.3, -0.25) is 4.90 Å². The lowest BCUT2D eigenvalue weighted by atomic mass is 10.2. The van der Waals surface area contributed by atoms with Crippen molar-refractivity contribution >= 4 is 67.9 Å². The van der Waals surface area contributed by atoms with Crippen molar-refractivity contribution in [3.63, 3.8) is 0 Å². The zero-order valence-corrected chi connectivity index (χ0v) is 24.4. The molecule has 4 rings (SSSR count). The number of esters is 1. The van der Waals surface area contributed by atoms with Gasteiger partial charge in [0.2, 0.25) is 0 Å². The Morgan fingerprint density at radius 2 is 1.74 bits per heavy atom. The van der Waals surface area contributed by atoms with E-state index in [4.69, 9.17) is 37.8 Å². The lowest BCUT2D eigenvalue weighted by molar-refractivity contribution is -0.146. The fourth-order valence-electron chi connectivity index (χ4n) is 3.14. The van der Waals surface area contributed by atoms with E-state index in [2.05, 4.69) is 10.3 Å². The molecule has 2 N–H and O–H groups in total. The largest absolute Gasteiger partial charge is 0.479 e. The number of para-hydroxylation sites is 1. The Morgan fingerprint density at radius 1 is 1.05 bits per heavy atom. The van der Waals surface area contributed by atoms with Crippen molar-refractivity contribution in [2.24, 2.45) is 0 Å². The van der Waals surface area contributed by atoms with Gasteiger partial charge in [-0.15, -0.1) is 0 Å². The van der Waals surface area contributed by atoms with Gasteiger partial charge in [-0.25, -0.2) is 19.4 Å². The van der Waals surface area contributed by atoms with Gasteiger partial charge in [0.1, 0.15) is 11.5 Å². The second-order valence-electron chi connectivity index (χ2n) is 8.35. The summed E-state index contributed by atoms with van der Waals surface area (Å²) in [7, 11) is 3.31. The molecular weight excluding hydrogens is 622 g/mol. The molecule has 0 unspecified atom stereocenters. The number of carbonyl (C=O) groups is 3. The molecule has 0 aliphatic rings. The van der Waals surface area contributed by atoms with Crippen molar-refractivity contribution < 1.29 is 42.1 Å². The summed E-state index contributed by atoms with van der Waals surface area (Å²) in [5.41, 5.74) is -0.193. The van der Waals surface area contributed by atoms with Crippen molar-refractivity contribution in [3.8, 4) is 11.5 Å². The molecule has 0 saturated heterocycles. The third kappa shape index (κ3) is 8.24. The summed E-state index contributed by atoms with van der Waals surface area (Å²) in [4.78, 5) is 40.0. The Morgan fingerprint density at radius 3 is 2.33 bits per heavy atom. The number of urea groups is 1. The number of amides is 2. The second kappa shape index (κ2) is 13.7. The van der Waals surface area contributed by atoms with Crippen molar-refractivity contribution in [1.82, 2.24) is 10.3 Å². The first-order valence-corrected chi connectivity index (χ1v) is 13.4. The number of halogens is 5. The molecule has 9 nitrogen and oxygen atoms in total. The number of aromatic nitrogens is 1. The van der Waals surface area contributed by atoms with Gasteiger partial charge >= 0.3 is 24.1 Å². The average Bonchev–Trinajstić information content (AvgIpc) is 3.38. The van der Waals surface area contributed by atoms with Gasteiger partial charge in [0.15, 0.2) is 11.2 Å².